The molecular formula is C25H52N4. The zero-order valence-electron chi connectivity index (χ0n) is 21.0. The van der Waals surface area contributed by atoms with Gasteiger partial charge in [-0.25, -0.2) is 0 Å². The third kappa shape index (κ3) is 14.5. The molecule has 0 aromatic heterocycles. The predicted octanol–water partition coefficient (Wildman–Crippen LogP) is 5.21. The van der Waals surface area contributed by atoms with Crippen LogP contribution in [0.4, 0.5) is 5.69 Å². The molecule has 4 heteroatoms. The second kappa shape index (κ2) is 23.2. The van der Waals surface area contributed by atoms with E-state index in [1.54, 1.807) is 0 Å². The van der Waals surface area contributed by atoms with E-state index in [2.05, 4.69) is 50.3 Å². The van der Waals surface area contributed by atoms with E-state index in [9.17, 15) is 0 Å². The highest BCUT2D eigenvalue weighted by atomic mass is 15.3. The van der Waals surface area contributed by atoms with Crippen LogP contribution < -0.4 is 10.2 Å². The van der Waals surface area contributed by atoms with Gasteiger partial charge in [-0.1, -0.05) is 66.2 Å². The van der Waals surface area contributed by atoms with E-state index in [0.29, 0.717) is 0 Å². The summed E-state index contributed by atoms with van der Waals surface area (Å²) < 4.78 is 0. The lowest BCUT2D eigenvalue weighted by Crippen LogP contribution is -2.48. The van der Waals surface area contributed by atoms with E-state index in [1.165, 1.54) is 77.3 Å². The van der Waals surface area contributed by atoms with Gasteiger partial charge in [-0.05, 0) is 52.2 Å². The number of anilines is 1. The summed E-state index contributed by atoms with van der Waals surface area (Å²) in [6.45, 7) is 21.9. The fourth-order valence-electron chi connectivity index (χ4n) is 3.33. The van der Waals surface area contributed by atoms with Crippen molar-refractivity contribution in [3.63, 3.8) is 0 Å². The highest BCUT2D eigenvalue weighted by Crippen LogP contribution is 2.15. The molecule has 0 radical (unpaired) electrons. The number of nitrogens with one attached hydrogen (secondary N) is 1. The van der Waals surface area contributed by atoms with Crippen molar-refractivity contribution in [2.75, 3.05) is 71.4 Å². The molecule has 29 heavy (non-hydrogen) atoms. The van der Waals surface area contributed by atoms with Gasteiger partial charge >= 0.3 is 0 Å². The predicted molar refractivity (Wildman–Crippen MR) is 134 cm³/mol. The van der Waals surface area contributed by atoms with Crippen LogP contribution in [0.1, 0.15) is 60.8 Å². The van der Waals surface area contributed by atoms with Gasteiger partial charge in [-0.3, -0.25) is 4.90 Å². The zero-order valence-corrected chi connectivity index (χ0v) is 21.0. The van der Waals surface area contributed by atoms with Crippen LogP contribution in [-0.2, 0) is 0 Å². The molecule has 1 aromatic rings. The quantitative estimate of drug-likeness (QED) is 0.738. The summed E-state index contributed by atoms with van der Waals surface area (Å²) in [4.78, 5) is 7.79. The molecule has 2 aliphatic rings. The normalized spacial score (nSPS) is 16.5. The number of rotatable bonds is 4. The number of likely N-dealkylation sites (tertiary alicyclic amines) is 1. The van der Waals surface area contributed by atoms with E-state index in [1.807, 2.05) is 55.6 Å². The Hall–Kier alpha value is -1.10. The SMILES string of the molecule is CC.CC.CC.CNC.c1ccc(N2CCN(CCN3CCCCC3)CC2)cc1. The van der Waals surface area contributed by atoms with Crippen LogP contribution in [0.25, 0.3) is 0 Å². The molecule has 0 unspecified atom stereocenters. The Balaban J connectivity index is 0. The molecule has 0 aliphatic carbocycles. The first-order chi connectivity index (χ1) is 14.3. The average molecular weight is 409 g/mol. The second-order valence-electron chi connectivity index (χ2n) is 6.57. The first-order valence-electron chi connectivity index (χ1n) is 12.2. The van der Waals surface area contributed by atoms with Gasteiger partial charge in [0.15, 0.2) is 0 Å². The Labute approximate surface area is 183 Å². The lowest BCUT2D eigenvalue weighted by molar-refractivity contribution is 0.177. The number of piperidine rings is 1. The summed E-state index contributed by atoms with van der Waals surface area (Å²) >= 11 is 0. The molecule has 2 fully saturated rings. The molecule has 0 saturated carbocycles. The monoisotopic (exact) mass is 408 g/mol. The van der Waals surface area contributed by atoms with Gasteiger partial charge in [-0.15, -0.1) is 0 Å². The molecule has 2 aliphatic heterocycles. The molecule has 0 bridgehead atoms. The molecule has 0 atom stereocenters. The lowest BCUT2D eigenvalue weighted by Gasteiger charge is -2.37. The summed E-state index contributed by atoms with van der Waals surface area (Å²) in [5.74, 6) is 0. The van der Waals surface area contributed by atoms with Gasteiger partial charge < -0.3 is 15.1 Å². The standard InChI is InChI=1S/C17H27N3.C2H7N.3C2H6/c1-3-7-17(8-4-1)20-15-13-19(14-16-20)12-11-18-9-5-2-6-10-18;1-3-2;3*1-2/h1,3-4,7-8H,2,5-6,9-16H2;3H,1-2H3;3*1-2H3. The van der Waals surface area contributed by atoms with Crippen LogP contribution in [0, 0.1) is 0 Å². The molecule has 2 heterocycles. The van der Waals surface area contributed by atoms with Crippen LogP contribution in [0.2, 0.25) is 0 Å². The van der Waals surface area contributed by atoms with Gasteiger partial charge in [0.05, 0.1) is 0 Å². The number of para-hydroxylation sites is 1. The van der Waals surface area contributed by atoms with Crippen molar-refractivity contribution >= 4 is 5.69 Å². The Morgan fingerprint density at radius 3 is 1.48 bits per heavy atom. The number of nitrogens with zero attached hydrogens (tertiary/aromatic N) is 3. The molecule has 1 aromatic carbocycles. The smallest absolute Gasteiger partial charge is 0.0367 e. The fourth-order valence-corrected chi connectivity index (χ4v) is 3.33. The Kier molecular flexibility index (Phi) is 24.1. The van der Waals surface area contributed by atoms with Crippen LogP contribution in [-0.4, -0.2) is 76.3 Å². The Morgan fingerprint density at radius 2 is 1.03 bits per heavy atom. The highest BCUT2D eigenvalue weighted by molar-refractivity contribution is 5.46. The first-order valence-corrected chi connectivity index (χ1v) is 12.2. The molecule has 0 amide bonds. The number of hydrogen-bond acceptors (Lipinski definition) is 4. The topological polar surface area (TPSA) is 21.8 Å². The maximum absolute atomic E-state index is 2.75. The average Bonchev–Trinajstić information content (AvgIpc) is 2.84. The Bertz CT molecular complexity index is 397. The van der Waals surface area contributed by atoms with E-state index < -0.39 is 0 Å². The first kappa shape index (κ1) is 30.1. The van der Waals surface area contributed by atoms with Crippen molar-refractivity contribution in [1.29, 1.82) is 0 Å². The number of hydrogen-bond donors (Lipinski definition) is 1. The van der Waals surface area contributed by atoms with Crippen molar-refractivity contribution in [1.82, 2.24) is 15.1 Å². The van der Waals surface area contributed by atoms with E-state index in [4.69, 9.17) is 0 Å². The largest absolute Gasteiger partial charge is 0.369 e. The summed E-state index contributed by atoms with van der Waals surface area (Å²) in [7, 11) is 3.75. The summed E-state index contributed by atoms with van der Waals surface area (Å²) in [6, 6.07) is 10.8. The third-order valence-corrected chi connectivity index (χ3v) is 4.67. The van der Waals surface area contributed by atoms with E-state index in [0.717, 1.165) is 0 Å². The van der Waals surface area contributed by atoms with Crippen LogP contribution in [0.5, 0.6) is 0 Å². The molecule has 1 N–H and O–H groups in total. The summed E-state index contributed by atoms with van der Waals surface area (Å²) in [6.07, 6.45) is 4.25. The summed E-state index contributed by atoms with van der Waals surface area (Å²) in [5.41, 5.74) is 1.38. The van der Waals surface area contributed by atoms with Crippen molar-refractivity contribution in [3.8, 4) is 0 Å². The lowest BCUT2D eigenvalue weighted by atomic mass is 10.1. The minimum absolute atomic E-state index is 1.17. The maximum atomic E-state index is 2.75. The van der Waals surface area contributed by atoms with Crippen molar-refractivity contribution < 1.29 is 0 Å². The molecule has 2 saturated heterocycles. The molecule has 0 spiro atoms. The van der Waals surface area contributed by atoms with E-state index in [-0.39, 0.29) is 0 Å². The summed E-state index contributed by atoms with van der Waals surface area (Å²) in [5, 5.41) is 2.75. The van der Waals surface area contributed by atoms with Crippen molar-refractivity contribution in [2.45, 2.75) is 60.8 Å². The van der Waals surface area contributed by atoms with Crippen molar-refractivity contribution in [2.24, 2.45) is 0 Å². The van der Waals surface area contributed by atoms with Gasteiger partial charge in [0.2, 0.25) is 0 Å². The molecular weight excluding hydrogens is 356 g/mol. The second-order valence-corrected chi connectivity index (χ2v) is 6.57. The maximum Gasteiger partial charge on any atom is 0.0367 e. The van der Waals surface area contributed by atoms with E-state index >= 15 is 0 Å². The van der Waals surface area contributed by atoms with Crippen LogP contribution in [0.15, 0.2) is 30.3 Å². The van der Waals surface area contributed by atoms with Gasteiger partial charge in [-0.2, -0.15) is 0 Å². The van der Waals surface area contributed by atoms with Crippen LogP contribution in [0.3, 0.4) is 0 Å². The Morgan fingerprint density at radius 1 is 0.621 bits per heavy atom. The number of benzene rings is 1. The molecule has 3 rings (SSSR count). The van der Waals surface area contributed by atoms with Crippen LogP contribution >= 0.6 is 0 Å². The van der Waals surface area contributed by atoms with Gasteiger partial charge in [0.25, 0.3) is 0 Å². The minimum atomic E-state index is 1.17. The molecule has 4 nitrogen and oxygen atoms in total. The van der Waals surface area contributed by atoms with Gasteiger partial charge in [0.1, 0.15) is 0 Å². The minimum Gasteiger partial charge on any atom is -0.369 e. The fraction of sp³-hybridized carbons (Fsp3) is 0.760. The molecule has 172 valence electrons. The highest BCUT2D eigenvalue weighted by Gasteiger charge is 2.18. The third-order valence-electron chi connectivity index (χ3n) is 4.67. The number of piperazine rings is 1. The van der Waals surface area contributed by atoms with Crippen molar-refractivity contribution in [3.05, 3.63) is 30.3 Å². The zero-order chi connectivity index (χ0) is 22.3. The van der Waals surface area contributed by atoms with Gasteiger partial charge in [0, 0.05) is 45.0 Å².